The van der Waals surface area contributed by atoms with Gasteiger partial charge in [0, 0.05) is 62.4 Å². The third kappa shape index (κ3) is 3.75. The average molecular weight is 463 g/mol. The van der Waals surface area contributed by atoms with Crippen LogP contribution >= 0.6 is 0 Å². The van der Waals surface area contributed by atoms with Gasteiger partial charge in [-0.05, 0) is 33.0 Å². The summed E-state index contributed by atoms with van der Waals surface area (Å²) in [5.74, 6) is -0.517. The highest BCUT2D eigenvalue weighted by molar-refractivity contribution is 5.94. The number of aromatic amines is 1. The van der Waals surface area contributed by atoms with Crippen LogP contribution in [0.15, 0.2) is 44.6 Å². The third-order valence-electron chi connectivity index (χ3n) is 6.25. The summed E-state index contributed by atoms with van der Waals surface area (Å²) in [4.78, 5) is 48.9. The van der Waals surface area contributed by atoms with Gasteiger partial charge in [0.1, 0.15) is 16.8 Å². The first-order valence-electron chi connectivity index (χ1n) is 11.0. The molecule has 0 aliphatic carbocycles. The molecule has 3 aromatic heterocycles. The molecule has 10 nitrogen and oxygen atoms in total. The molecule has 4 heterocycles. The van der Waals surface area contributed by atoms with Gasteiger partial charge in [-0.3, -0.25) is 9.59 Å². The van der Waals surface area contributed by atoms with Crippen molar-refractivity contribution in [3.8, 4) is 17.0 Å². The maximum atomic E-state index is 13.1. The summed E-state index contributed by atoms with van der Waals surface area (Å²) in [7, 11) is 2.10. The van der Waals surface area contributed by atoms with Gasteiger partial charge in [-0.1, -0.05) is 0 Å². The highest BCUT2D eigenvalue weighted by Gasteiger charge is 2.25. The number of imidazole rings is 1. The SMILES string of the molecule is CC(=O)Oc1c(-c2cn3cc(C)[nH]c(=O)c3n2)c(=O)oc2cc(N3CCN(C)[C@H](C)C3)ccc12. The Balaban J connectivity index is 1.68. The van der Waals surface area contributed by atoms with E-state index in [0.717, 1.165) is 25.3 Å². The van der Waals surface area contributed by atoms with Gasteiger partial charge < -0.3 is 28.3 Å². The summed E-state index contributed by atoms with van der Waals surface area (Å²) >= 11 is 0. The quantitative estimate of drug-likeness (QED) is 0.363. The molecule has 1 saturated heterocycles. The first-order chi connectivity index (χ1) is 16.2. The van der Waals surface area contributed by atoms with E-state index in [9.17, 15) is 14.4 Å². The van der Waals surface area contributed by atoms with E-state index >= 15 is 0 Å². The zero-order chi connectivity index (χ0) is 24.1. The predicted octanol–water partition coefficient (Wildman–Crippen LogP) is 2.17. The van der Waals surface area contributed by atoms with Crippen molar-refractivity contribution in [3.05, 3.63) is 57.1 Å². The van der Waals surface area contributed by atoms with E-state index in [1.807, 2.05) is 6.07 Å². The van der Waals surface area contributed by atoms with Crippen molar-refractivity contribution in [2.45, 2.75) is 26.8 Å². The molecule has 1 aliphatic heterocycles. The second kappa shape index (κ2) is 8.14. The molecule has 176 valence electrons. The van der Waals surface area contributed by atoms with E-state index in [4.69, 9.17) is 9.15 Å². The van der Waals surface area contributed by atoms with Crippen LogP contribution < -0.4 is 20.8 Å². The molecular formula is C24H25N5O5. The Morgan fingerprint density at radius 1 is 1.24 bits per heavy atom. The van der Waals surface area contributed by atoms with E-state index in [0.29, 0.717) is 22.7 Å². The summed E-state index contributed by atoms with van der Waals surface area (Å²) in [5.41, 5.74) is 1.06. The largest absolute Gasteiger partial charge is 0.425 e. The summed E-state index contributed by atoms with van der Waals surface area (Å²) < 4.78 is 12.7. The van der Waals surface area contributed by atoms with Crippen LogP contribution in [0.1, 0.15) is 19.5 Å². The number of aromatic nitrogens is 3. The number of nitrogens with one attached hydrogen (secondary N) is 1. The number of ether oxygens (including phenoxy) is 1. The molecular weight excluding hydrogens is 438 g/mol. The molecule has 0 bridgehead atoms. The Morgan fingerprint density at radius 2 is 2.03 bits per heavy atom. The van der Waals surface area contributed by atoms with Crippen molar-refractivity contribution in [2.75, 3.05) is 31.6 Å². The lowest BCUT2D eigenvalue weighted by Gasteiger charge is -2.39. The average Bonchev–Trinajstić information content (AvgIpc) is 3.18. The van der Waals surface area contributed by atoms with Gasteiger partial charge in [-0.2, -0.15) is 0 Å². The van der Waals surface area contributed by atoms with Crippen LogP contribution in [0.5, 0.6) is 5.75 Å². The Labute approximate surface area is 194 Å². The van der Waals surface area contributed by atoms with Gasteiger partial charge in [0.2, 0.25) is 5.65 Å². The van der Waals surface area contributed by atoms with Crippen LogP contribution in [-0.2, 0) is 4.79 Å². The molecule has 0 unspecified atom stereocenters. The number of esters is 1. The first kappa shape index (κ1) is 21.9. The zero-order valence-electron chi connectivity index (χ0n) is 19.4. The zero-order valence-corrected chi connectivity index (χ0v) is 19.4. The minimum absolute atomic E-state index is 0.00979. The molecule has 1 aliphatic rings. The van der Waals surface area contributed by atoms with Gasteiger partial charge in [-0.15, -0.1) is 0 Å². The fourth-order valence-corrected chi connectivity index (χ4v) is 4.37. The topological polar surface area (TPSA) is 113 Å². The molecule has 5 rings (SSSR count). The van der Waals surface area contributed by atoms with E-state index < -0.39 is 17.2 Å². The van der Waals surface area contributed by atoms with E-state index in [1.54, 1.807) is 31.5 Å². The molecule has 0 amide bonds. The van der Waals surface area contributed by atoms with Gasteiger partial charge in [-0.25, -0.2) is 9.78 Å². The summed E-state index contributed by atoms with van der Waals surface area (Å²) in [5, 5.41) is 0.470. The normalized spacial score (nSPS) is 16.9. The second-order valence-corrected chi connectivity index (χ2v) is 8.77. The van der Waals surface area contributed by atoms with Crippen molar-refractivity contribution in [3.63, 3.8) is 0 Å². The van der Waals surface area contributed by atoms with Crippen LogP contribution in [-0.4, -0.2) is 58.0 Å². The summed E-state index contributed by atoms with van der Waals surface area (Å²) in [6.07, 6.45) is 3.23. The number of hydrogen-bond donors (Lipinski definition) is 1. The maximum absolute atomic E-state index is 13.1. The van der Waals surface area contributed by atoms with E-state index in [2.05, 4.69) is 33.7 Å². The number of anilines is 1. The fraction of sp³-hybridized carbons (Fsp3) is 0.333. The minimum Gasteiger partial charge on any atom is -0.425 e. The monoisotopic (exact) mass is 463 g/mol. The molecule has 1 N–H and O–H groups in total. The molecule has 4 aromatic rings. The second-order valence-electron chi connectivity index (χ2n) is 8.77. The Morgan fingerprint density at radius 3 is 2.76 bits per heavy atom. The number of carbonyl (C=O) groups excluding carboxylic acids is 1. The number of carbonyl (C=O) groups is 1. The van der Waals surface area contributed by atoms with Crippen LogP contribution in [0.2, 0.25) is 0 Å². The number of nitrogens with zero attached hydrogens (tertiary/aromatic N) is 4. The number of piperazine rings is 1. The third-order valence-corrected chi connectivity index (χ3v) is 6.25. The highest BCUT2D eigenvalue weighted by atomic mass is 16.5. The van der Waals surface area contributed by atoms with E-state index in [-0.39, 0.29) is 22.7 Å². The minimum atomic E-state index is -0.704. The first-order valence-corrected chi connectivity index (χ1v) is 11.0. The molecule has 34 heavy (non-hydrogen) atoms. The summed E-state index contributed by atoms with van der Waals surface area (Å²) in [6.45, 7) is 7.79. The lowest BCUT2D eigenvalue weighted by molar-refractivity contribution is -0.131. The number of fused-ring (bicyclic) bond motifs is 2. The van der Waals surface area contributed by atoms with Crippen LogP contribution in [0, 0.1) is 6.92 Å². The van der Waals surface area contributed by atoms with Crippen LogP contribution in [0.25, 0.3) is 27.9 Å². The van der Waals surface area contributed by atoms with Crippen molar-refractivity contribution in [2.24, 2.45) is 0 Å². The van der Waals surface area contributed by atoms with Crippen molar-refractivity contribution in [1.82, 2.24) is 19.3 Å². The highest BCUT2D eigenvalue weighted by Crippen LogP contribution is 2.36. The van der Waals surface area contributed by atoms with Crippen LogP contribution in [0.4, 0.5) is 5.69 Å². The smallest absolute Gasteiger partial charge is 0.349 e. The Kier molecular flexibility index (Phi) is 5.24. The maximum Gasteiger partial charge on any atom is 0.349 e. The Hall–Kier alpha value is -3.92. The molecule has 1 aromatic carbocycles. The standard InChI is InChI=1S/C24H25N5O5/c1-13-10-29-12-18(26-22(29)23(31)25-13)20-21(33-15(3)30)17-6-5-16(9-19(17)34-24(20)32)28-8-7-27(4)14(2)11-28/h5-6,9-10,12,14H,7-8,11H2,1-4H3,(H,25,31)/t14-/m1/s1. The predicted molar refractivity (Wildman–Crippen MR) is 128 cm³/mol. The summed E-state index contributed by atoms with van der Waals surface area (Å²) in [6, 6.07) is 5.89. The molecule has 0 saturated carbocycles. The van der Waals surface area contributed by atoms with Gasteiger partial charge in [0.15, 0.2) is 5.75 Å². The molecule has 10 heteroatoms. The van der Waals surface area contributed by atoms with Crippen molar-refractivity contribution in [1.29, 1.82) is 0 Å². The van der Waals surface area contributed by atoms with Crippen molar-refractivity contribution < 1.29 is 13.9 Å². The van der Waals surface area contributed by atoms with Gasteiger partial charge in [0.25, 0.3) is 5.56 Å². The number of rotatable bonds is 3. The number of likely N-dealkylation sites (N-methyl/N-ethyl adjacent to an activating group) is 1. The lowest BCUT2D eigenvalue weighted by atomic mass is 10.1. The molecule has 1 fully saturated rings. The fourth-order valence-electron chi connectivity index (χ4n) is 4.37. The number of H-pyrrole nitrogens is 1. The number of benzene rings is 1. The molecule has 1 atom stereocenters. The Bertz CT molecular complexity index is 1550. The number of aryl methyl sites for hydroxylation is 1. The lowest BCUT2D eigenvalue weighted by Crippen LogP contribution is -2.50. The van der Waals surface area contributed by atoms with Crippen molar-refractivity contribution >= 4 is 28.3 Å². The van der Waals surface area contributed by atoms with Gasteiger partial charge in [0.05, 0.1) is 5.39 Å². The van der Waals surface area contributed by atoms with Crippen LogP contribution in [0.3, 0.4) is 0 Å². The van der Waals surface area contributed by atoms with E-state index in [1.165, 1.54) is 11.3 Å². The molecule has 0 radical (unpaired) electrons. The van der Waals surface area contributed by atoms with Gasteiger partial charge >= 0.3 is 11.6 Å². The number of hydrogen-bond acceptors (Lipinski definition) is 8. The molecule has 0 spiro atoms.